The summed E-state index contributed by atoms with van der Waals surface area (Å²) in [5.74, 6) is 0.619. The van der Waals surface area contributed by atoms with Gasteiger partial charge in [0.15, 0.2) is 5.96 Å². The zero-order valence-electron chi connectivity index (χ0n) is 15.7. The van der Waals surface area contributed by atoms with Gasteiger partial charge < -0.3 is 14.7 Å². The van der Waals surface area contributed by atoms with Crippen LogP contribution in [0.25, 0.3) is 0 Å². The van der Waals surface area contributed by atoms with Gasteiger partial charge in [0.25, 0.3) is 0 Å². The minimum absolute atomic E-state index is 0.140. The normalized spacial score (nSPS) is 16.7. The smallest absolute Gasteiger partial charge is 0.220 e. The number of hydrogen-bond acceptors (Lipinski definition) is 7. The molecule has 0 bridgehead atoms. The van der Waals surface area contributed by atoms with Gasteiger partial charge in [-0.25, -0.2) is 13.4 Å². The van der Waals surface area contributed by atoms with E-state index in [1.807, 2.05) is 6.92 Å². The van der Waals surface area contributed by atoms with Gasteiger partial charge in [-0.2, -0.15) is 4.31 Å². The molecular weight excluding hydrogens is 388 g/mol. The Morgan fingerprint density at radius 1 is 1.33 bits per heavy atom. The van der Waals surface area contributed by atoms with Crippen LogP contribution < -0.4 is 5.32 Å². The molecule has 1 saturated heterocycles. The van der Waals surface area contributed by atoms with E-state index in [1.165, 1.54) is 15.4 Å². The minimum atomic E-state index is -3.40. The standard InChI is InChI=1S/C16H24N6O3S2/c1-12-13(2)26-15(19-12)10-18-16(17-3)21-5-7-22(8-6-21)27(23,24)11-14-4-9-25-20-14/h4,9H,5-8,10-11H2,1-3H3,(H,17,18). The molecule has 0 spiro atoms. The van der Waals surface area contributed by atoms with Crippen LogP contribution in [0.1, 0.15) is 21.3 Å². The van der Waals surface area contributed by atoms with Crippen molar-refractivity contribution < 1.29 is 12.9 Å². The van der Waals surface area contributed by atoms with Crippen molar-refractivity contribution in [3.63, 3.8) is 0 Å². The van der Waals surface area contributed by atoms with Crippen LogP contribution in [0.2, 0.25) is 0 Å². The molecule has 0 amide bonds. The fraction of sp³-hybridized carbons (Fsp3) is 0.562. The number of piperazine rings is 1. The highest BCUT2D eigenvalue weighted by molar-refractivity contribution is 7.88. The molecular formula is C16H24N6O3S2. The lowest BCUT2D eigenvalue weighted by atomic mass is 10.4. The highest BCUT2D eigenvalue weighted by atomic mass is 32.2. The Kier molecular flexibility index (Phi) is 6.12. The van der Waals surface area contributed by atoms with E-state index in [9.17, 15) is 8.42 Å². The molecule has 9 nitrogen and oxygen atoms in total. The molecule has 3 heterocycles. The lowest BCUT2D eigenvalue weighted by Crippen LogP contribution is -2.53. The van der Waals surface area contributed by atoms with E-state index >= 15 is 0 Å². The lowest BCUT2D eigenvalue weighted by Gasteiger charge is -2.35. The first kappa shape index (κ1) is 19.8. The molecule has 2 aromatic heterocycles. The second kappa shape index (κ2) is 8.36. The molecule has 0 atom stereocenters. The predicted octanol–water partition coefficient (Wildman–Crippen LogP) is 0.971. The van der Waals surface area contributed by atoms with Crippen LogP contribution in [0, 0.1) is 13.8 Å². The maximum atomic E-state index is 12.5. The molecule has 0 aromatic carbocycles. The Hall–Kier alpha value is -1.98. The number of sulfonamides is 1. The number of aryl methyl sites for hydroxylation is 2. The number of guanidine groups is 1. The number of aliphatic imine (C=N–C) groups is 1. The average molecular weight is 413 g/mol. The molecule has 1 aliphatic heterocycles. The molecule has 0 saturated carbocycles. The Morgan fingerprint density at radius 3 is 2.63 bits per heavy atom. The Bertz CT molecular complexity index is 864. The molecule has 0 radical (unpaired) electrons. The summed E-state index contributed by atoms with van der Waals surface area (Å²) in [7, 11) is -1.67. The third kappa shape index (κ3) is 4.85. The van der Waals surface area contributed by atoms with Crippen LogP contribution in [0.15, 0.2) is 21.8 Å². The van der Waals surface area contributed by atoms with Crippen LogP contribution in [0.5, 0.6) is 0 Å². The number of rotatable bonds is 5. The van der Waals surface area contributed by atoms with Gasteiger partial charge in [0.2, 0.25) is 10.0 Å². The lowest BCUT2D eigenvalue weighted by molar-refractivity contribution is 0.259. The fourth-order valence-electron chi connectivity index (χ4n) is 2.87. The van der Waals surface area contributed by atoms with Crippen molar-refractivity contribution in [3.05, 3.63) is 33.6 Å². The first-order valence-corrected chi connectivity index (χ1v) is 11.1. The van der Waals surface area contributed by atoms with E-state index < -0.39 is 10.0 Å². The second-order valence-corrected chi connectivity index (χ2v) is 9.54. The van der Waals surface area contributed by atoms with Gasteiger partial charge in [0, 0.05) is 44.2 Å². The van der Waals surface area contributed by atoms with Crippen molar-refractivity contribution in [2.45, 2.75) is 26.1 Å². The fourth-order valence-corrected chi connectivity index (χ4v) is 5.17. The van der Waals surface area contributed by atoms with E-state index in [0.717, 1.165) is 16.7 Å². The molecule has 148 valence electrons. The zero-order valence-corrected chi connectivity index (χ0v) is 17.3. The summed E-state index contributed by atoms with van der Waals surface area (Å²) in [6.07, 6.45) is 1.38. The first-order chi connectivity index (χ1) is 12.9. The topological polar surface area (TPSA) is 104 Å². The van der Waals surface area contributed by atoms with Crippen molar-refractivity contribution in [1.82, 2.24) is 24.7 Å². The van der Waals surface area contributed by atoms with Gasteiger partial charge in [-0.05, 0) is 13.8 Å². The average Bonchev–Trinajstić information content (AvgIpc) is 3.25. The maximum Gasteiger partial charge on any atom is 0.220 e. The third-order valence-corrected chi connectivity index (χ3v) is 7.32. The van der Waals surface area contributed by atoms with Crippen molar-refractivity contribution in [2.75, 3.05) is 33.2 Å². The molecule has 0 unspecified atom stereocenters. The van der Waals surface area contributed by atoms with E-state index in [4.69, 9.17) is 4.52 Å². The van der Waals surface area contributed by atoms with Crippen LogP contribution in [-0.2, 0) is 22.3 Å². The number of hydrogen-bond donors (Lipinski definition) is 1. The van der Waals surface area contributed by atoms with E-state index in [2.05, 4.69) is 32.3 Å². The van der Waals surface area contributed by atoms with Crippen molar-refractivity contribution >= 4 is 27.3 Å². The quantitative estimate of drug-likeness (QED) is 0.576. The van der Waals surface area contributed by atoms with Gasteiger partial charge in [0.05, 0.1) is 17.9 Å². The summed E-state index contributed by atoms with van der Waals surface area (Å²) >= 11 is 1.67. The summed E-state index contributed by atoms with van der Waals surface area (Å²) in [5, 5.41) is 8.02. The molecule has 1 aliphatic rings. The Balaban J connectivity index is 1.53. The van der Waals surface area contributed by atoms with Crippen molar-refractivity contribution in [3.8, 4) is 0 Å². The minimum Gasteiger partial charge on any atom is -0.364 e. The summed E-state index contributed by atoms with van der Waals surface area (Å²) in [6, 6.07) is 1.57. The highest BCUT2D eigenvalue weighted by Crippen LogP contribution is 2.16. The van der Waals surface area contributed by atoms with Crippen LogP contribution in [0.3, 0.4) is 0 Å². The highest BCUT2D eigenvalue weighted by Gasteiger charge is 2.29. The summed E-state index contributed by atoms with van der Waals surface area (Å²) in [6.45, 7) is 6.65. The van der Waals surface area contributed by atoms with Crippen molar-refractivity contribution in [1.29, 1.82) is 0 Å². The van der Waals surface area contributed by atoms with E-state index in [0.29, 0.717) is 38.4 Å². The number of nitrogens with zero attached hydrogens (tertiary/aromatic N) is 5. The third-order valence-electron chi connectivity index (χ3n) is 4.44. The van der Waals surface area contributed by atoms with Crippen LogP contribution in [-0.4, -0.2) is 66.9 Å². The van der Waals surface area contributed by atoms with Gasteiger partial charge in [0.1, 0.15) is 17.0 Å². The number of thiazole rings is 1. The molecule has 1 fully saturated rings. The van der Waals surface area contributed by atoms with Crippen LogP contribution in [0.4, 0.5) is 0 Å². The largest absolute Gasteiger partial charge is 0.364 e. The number of nitrogens with one attached hydrogen (secondary N) is 1. The monoisotopic (exact) mass is 412 g/mol. The molecule has 3 rings (SSSR count). The van der Waals surface area contributed by atoms with Gasteiger partial charge in [-0.15, -0.1) is 11.3 Å². The van der Waals surface area contributed by atoms with E-state index in [-0.39, 0.29) is 5.75 Å². The molecule has 11 heteroatoms. The van der Waals surface area contributed by atoms with E-state index in [1.54, 1.807) is 24.5 Å². The van der Waals surface area contributed by atoms with Gasteiger partial charge in [-0.1, -0.05) is 5.16 Å². The molecule has 1 N–H and O–H groups in total. The van der Waals surface area contributed by atoms with Crippen LogP contribution >= 0.6 is 11.3 Å². The summed E-state index contributed by atoms with van der Waals surface area (Å²) < 4.78 is 31.2. The first-order valence-electron chi connectivity index (χ1n) is 8.64. The van der Waals surface area contributed by atoms with Gasteiger partial charge >= 0.3 is 0 Å². The molecule has 2 aromatic rings. The van der Waals surface area contributed by atoms with Gasteiger partial charge in [-0.3, -0.25) is 4.99 Å². The summed E-state index contributed by atoms with van der Waals surface area (Å²) in [4.78, 5) is 12.1. The SMILES string of the molecule is CN=C(NCc1nc(C)c(C)s1)N1CCN(S(=O)(=O)Cc2ccon2)CC1. The Labute approximate surface area is 163 Å². The maximum absolute atomic E-state index is 12.5. The zero-order chi connectivity index (χ0) is 19.4. The second-order valence-electron chi connectivity index (χ2n) is 6.28. The van der Waals surface area contributed by atoms with Crippen molar-refractivity contribution in [2.24, 2.45) is 4.99 Å². The Morgan fingerprint density at radius 2 is 2.07 bits per heavy atom. The molecule has 0 aliphatic carbocycles. The summed E-state index contributed by atoms with van der Waals surface area (Å²) in [5.41, 5.74) is 1.47. The molecule has 27 heavy (non-hydrogen) atoms. The predicted molar refractivity (Wildman–Crippen MR) is 104 cm³/mol. The number of aromatic nitrogens is 2.